The molecule has 0 radical (unpaired) electrons. The normalized spacial score (nSPS) is 17.1. The van der Waals surface area contributed by atoms with Crippen molar-refractivity contribution in [3.05, 3.63) is 24.0 Å². The molecule has 0 aromatic carbocycles. The number of carbonyl (C=O) groups excluding carboxylic acids is 1. The first-order valence-electron chi connectivity index (χ1n) is 5.08. The SMILES string of the molecule is CCOC(=O)C1(c2ccncc2N)CC1. The van der Waals surface area contributed by atoms with Crippen molar-refractivity contribution in [1.82, 2.24) is 4.98 Å². The molecule has 2 rings (SSSR count). The van der Waals surface area contributed by atoms with Crippen molar-refractivity contribution in [3.63, 3.8) is 0 Å². The molecule has 0 amide bonds. The number of nitrogen functional groups attached to an aromatic ring is 1. The van der Waals surface area contributed by atoms with Crippen molar-refractivity contribution < 1.29 is 9.53 Å². The average molecular weight is 206 g/mol. The Balaban J connectivity index is 2.31. The van der Waals surface area contributed by atoms with Crippen LogP contribution >= 0.6 is 0 Å². The highest BCUT2D eigenvalue weighted by Gasteiger charge is 2.53. The van der Waals surface area contributed by atoms with Crippen LogP contribution in [0.1, 0.15) is 25.3 Å². The summed E-state index contributed by atoms with van der Waals surface area (Å²) in [6.45, 7) is 2.22. The summed E-state index contributed by atoms with van der Waals surface area (Å²) < 4.78 is 5.06. The van der Waals surface area contributed by atoms with Crippen LogP contribution < -0.4 is 5.73 Å². The maximum atomic E-state index is 11.8. The number of anilines is 1. The van der Waals surface area contributed by atoms with Gasteiger partial charge in [0.2, 0.25) is 0 Å². The lowest BCUT2D eigenvalue weighted by molar-refractivity contribution is -0.146. The second kappa shape index (κ2) is 3.53. The van der Waals surface area contributed by atoms with E-state index in [0.717, 1.165) is 18.4 Å². The second-order valence-electron chi connectivity index (χ2n) is 3.77. The molecule has 0 bridgehead atoms. The van der Waals surface area contributed by atoms with Crippen LogP contribution in [-0.4, -0.2) is 17.6 Å². The zero-order valence-electron chi connectivity index (χ0n) is 8.69. The van der Waals surface area contributed by atoms with E-state index in [1.807, 2.05) is 6.92 Å². The smallest absolute Gasteiger partial charge is 0.316 e. The number of carbonyl (C=O) groups is 1. The molecule has 0 spiro atoms. The third kappa shape index (κ3) is 1.56. The van der Waals surface area contributed by atoms with E-state index < -0.39 is 5.41 Å². The monoisotopic (exact) mass is 206 g/mol. The van der Waals surface area contributed by atoms with Crippen LogP contribution in [0.25, 0.3) is 0 Å². The number of nitrogens with two attached hydrogens (primary N) is 1. The summed E-state index contributed by atoms with van der Waals surface area (Å²) in [6.07, 6.45) is 4.87. The Hall–Kier alpha value is -1.58. The zero-order valence-corrected chi connectivity index (χ0v) is 8.69. The number of hydrogen-bond acceptors (Lipinski definition) is 4. The van der Waals surface area contributed by atoms with Gasteiger partial charge in [-0.25, -0.2) is 0 Å². The molecule has 1 aromatic heterocycles. The summed E-state index contributed by atoms with van der Waals surface area (Å²) in [4.78, 5) is 15.7. The second-order valence-corrected chi connectivity index (χ2v) is 3.77. The molecule has 80 valence electrons. The highest BCUT2D eigenvalue weighted by atomic mass is 16.5. The van der Waals surface area contributed by atoms with Crippen molar-refractivity contribution in [3.8, 4) is 0 Å². The van der Waals surface area contributed by atoms with Crippen molar-refractivity contribution >= 4 is 11.7 Å². The summed E-state index contributed by atoms with van der Waals surface area (Å²) in [6, 6.07) is 1.80. The Morgan fingerprint density at radius 1 is 1.67 bits per heavy atom. The quantitative estimate of drug-likeness (QED) is 0.756. The standard InChI is InChI=1S/C11H14N2O2/c1-2-15-10(14)11(4-5-11)8-3-6-13-7-9(8)12/h3,6-7H,2,4-5,12H2,1H3. The number of esters is 1. The van der Waals surface area contributed by atoms with Crippen molar-refractivity contribution in [2.45, 2.75) is 25.2 Å². The summed E-state index contributed by atoms with van der Waals surface area (Å²) in [7, 11) is 0. The highest BCUT2D eigenvalue weighted by molar-refractivity contribution is 5.88. The van der Waals surface area contributed by atoms with Gasteiger partial charge in [-0.2, -0.15) is 0 Å². The first-order valence-corrected chi connectivity index (χ1v) is 5.08. The molecular weight excluding hydrogens is 192 g/mol. The van der Waals surface area contributed by atoms with Gasteiger partial charge in [-0.05, 0) is 31.4 Å². The number of nitrogens with zero attached hydrogens (tertiary/aromatic N) is 1. The van der Waals surface area contributed by atoms with Crippen LogP contribution in [0.2, 0.25) is 0 Å². The molecule has 2 N–H and O–H groups in total. The Labute approximate surface area is 88.4 Å². The van der Waals surface area contributed by atoms with Crippen molar-refractivity contribution in [2.24, 2.45) is 0 Å². The van der Waals surface area contributed by atoms with E-state index in [9.17, 15) is 4.79 Å². The van der Waals surface area contributed by atoms with Gasteiger partial charge in [0, 0.05) is 6.20 Å². The number of pyridine rings is 1. The highest BCUT2D eigenvalue weighted by Crippen LogP contribution is 2.50. The van der Waals surface area contributed by atoms with Crippen LogP contribution in [-0.2, 0) is 14.9 Å². The predicted octanol–water partition coefficient (Wildman–Crippen LogP) is 1.26. The molecule has 1 aliphatic carbocycles. The Morgan fingerprint density at radius 3 is 2.93 bits per heavy atom. The van der Waals surface area contributed by atoms with E-state index in [2.05, 4.69) is 4.98 Å². The average Bonchev–Trinajstić information content (AvgIpc) is 3.00. The third-order valence-electron chi connectivity index (χ3n) is 2.78. The van der Waals surface area contributed by atoms with Gasteiger partial charge in [-0.1, -0.05) is 0 Å². The zero-order chi connectivity index (χ0) is 10.9. The minimum Gasteiger partial charge on any atom is -0.465 e. The van der Waals surface area contributed by atoms with Crippen LogP contribution in [0, 0.1) is 0 Å². The fourth-order valence-corrected chi connectivity index (χ4v) is 1.82. The molecule has 1 aromatic rings. The molecule has 1 heterocycles. The molecule has 1 aliphatic rings. The van der Waals surface area contributed by atoms with Gasteiger partial charge in [0.25, 0.3) is 0 Å². The lowest BCUT2D eigenvalue weighted by Gasteiger charge is -2.15. The summed E-state index contributed by atoms with van der Waals surface area (Å²) in [5.41, 5.74) is 6.76. The number of rotatable bonds is 3. The van der Waals surface area contributed by atoms with Crippen molar-refractivity contribution in [2.75, 3.05) is 12.3 Å². The van der Waals surface area contributed by atoms with Crippen molar-refractivity contribution in [1.29, 1.82) is 0 Å². The molecule has 1 fully saturated rings. The van der Waals surface area contributed by atoms with Gasteiger partial charge in [0.1, 0.15) is 0 Å². The summed E-state index contributed by atoms with van der Waals surface area (Å²) in [5.74, 6) is -0.164. The maximum Gasteiger partial charge on any atom is 0.316 e. The van der Waals surface area contributed by atoms with Gasteiger partial charge < -0.3 is 10.5 Å². The fourth-order valence-electron chi connectivity index (χ4n) is 1.82. The van der Waals surface area contributed by atoms with E-state index in [0.29, 0.717) is 12.3 Å². The topological polar surface area (TPSA) is 65.2 Å². The molecule has 4 heteroatoms. The molecule has 0 unspecified atom stereocenters. The lowest BCUT2D eigenvalue weighted by atomic mass is 9.96. The van der Waals surface area contributed by atoms with Crippen LogP contribution in [0.3, 0.4) is 0 Å². The molecule has 4 nitrogen and oxygen atoms in total. The van der Waals surface area contributed by atoms with Gasteiger partial charge in [-0.15, -0.1) is 0 Å². The minimum atomic E-state index is -0.483. The Kier molecular flexibility index (Phi) is 2.34. The molecule has 0 atom stereocenters. The van der Waals surface area contributed by atoms with E-state index in [-0.39, 0.29) is 5.97 Å². The first kappa shape index (κ1) is 9.96. The van der Waals surface area contributed by atoms with E-state index in [4.69, 9.17) is 10.5 Å². The third-order valence-corrected chi connectivity index (χ3v) is 2.78. The molecule has 15 heavy (non-hydrogen) atoms. The molecule has 0 saturated heterocycles. The molecular formula is C11H14N2O2. The predicted molar refractivity (Wildman–Crippen MR) is 56.2 cm³/mol. The van der Waals surface area contributed by atoms with Crippen LogP contribution in [0.15, 0.2) is 18.5 Å². The number of aromatic nitrogens is 1. The van der Waals surface area contributed by atoms with E-state index >= 15 is 0 Å². The van der Waals surface area contributed by atoms with Gasteiger partial charge >= 0.3 is 5.97 Å². The molecule has 1 saturated carbocycles. The van der Waals surface area contributed by atoms with Gasteiger partial charge in [-0.3, -0.25) is 9.78 Å². The Morgan fingerprint density at radius 2 is 2.40 bits per heavy atom. The Bertz CT molecular complexity index is 386. The fraction of sp³-hybridized carbons (Fsp3) is 0.455. The number of ether oxygens (including phenoxy) is 1. The summed E-state index contributed by atoms with van der Waals surface area (Å²) in [5, 5.41) is 0. The van der Waals surface area contributed by atoms with E-state index in [1.165, 1.54) is 0 Å². The molecule has 0 aliphatic heterocycles. The van der Waals surface area contributed by atoms with Crippen LogP contribution in [0.5, 0.6) is 0 Å². The maximum absolute atomic E-state index is 11.8. The van der Waals surface area contributed by atoms with E-state index in [1.54, 1.807) is 18.5 Å². The first-order chi connectivity index (χ1) is 7.20. The van der Waals surface area contributed by atoms with Gasteiger partial charge in [0.05, 0.1) is 23.9 Å². The lowest BCUT2D eigenvalue weighted by Crippen LogP contribution is -2.24. The van der Waals surface area contributed by atoms with Gasteiger partial charge in [0.15, 0.2) is 0 Å². The number of hydrogen-bond donors (Lipinski definition) is 1. The van der Waals surface area contributed by atoms with Crippen LogP contribution in [0.4, 0.5) is 5.69 Å². The summed E-state index contributed by atoms with van der Waals surface area (Å²) >= 11 is 0. The minimum absolute atomic E-state index is 0.164. The largest absolute Gasteiger partial charge is 0.465 e.